The van der Waals surface area contributed by atoms with Crippen LogP contribution in [0.15, 0.2) is 0 Å². The molecule has 0 aliphatic heterocycles. The molecular weight excluding hydrogens is 143 g/mol. The first-order chi connectivity index (χ1) is 3.79. The predicted octanol–water partition coefficient (Wildman–Crippen LogP) is 2.24. The van der Waals surface area contributed by atoms with Crippen LogP contribution in [0, 0.1) is 11.8 Å². The number of halogens is 2. The minimum atomic E-state index is 0.293. The summed E-state index contributed by atoms with van der Waals surface area (Å²) in [7, 11) is 0. The number of alkyl halides is 2. The zero-order valence-corrected chi connectivity index (χ0v) is 5.99. The van der Waals surface area contributed by atoms with E-state index >= 15 is 0 Å². The second-order valence-electron chi connectivity index (χ2n) is 2.88. The molecule has 2 atom stereocenters. The highest BCUT2D eigenvalue weighted by atomic mass is 35.5. The van der Waals surface area contributed by atoms with Crippen LogP contribution in [-0.2, 0) is 0 Å². The molecule has 0 saturated heterocycles. The maximum absolute atomic E-state index is 5.92. The Morgan fingerprint density at radius 2 is 1.25 bits per heavy atom. The second-order valence-corrected chi connectivity index (χ2v) is 3.89. The quantitative estimate of drug-likeness (QED) is 0.465. The Bertz CT molecular complexity index is 95.1. The fraction of sp³-hybridized carbons (Fsp3) is 1.00. The molecule has 3 aliphatic rings. The molecule has 3 rings (SSSR count). The number of rotatable bonds is 0. The van der Waals surface area contributed by atoms with Gasteiger partial charge in [-0.05, 0) is 24.7 Å². The normalized spacial score (nSPS) is 60.8. The molecule has 3 saturated carbocycles. The maximum Gasteiger partial charge on any atom is 0.0530 e. The third-order valence-corrected chi connectivity index (χ3v) is 3.80. The van der Waals surface area contributed by atoms with E-state index in [9.17, 15) is 0 Å². The van der Waals surface area contributed by atoms with Gasteiger partial charge in [0.2, 0.25) is 0 Å². The van der Waals surface area contributed by atoms with Crippen LogP contribution in [0.5, 0.6) is 0 Å². The Kier molecular flexibility index (Phi) is 1.04. The summed E-state index contributed by atoms with van der Waals surface area (Å²) in [4.78, 5) is 0. The summed E-state index contributed by atoms with van der Waals surface area (Å²) in [5.74, 6) is 1.54. The summed E-state index contributed by atoms with van der Waals surface area (Å²) in [6.07, 6.45) is 2.59. The first-order valence-electron chi connectivity index (χ1n) is 3.07. The average molecular weight is 151 g/mol. The molecule has 0 N–H and O–H groups in total. The number of fused-ring (bicyclic) bond motifs is 1. The average Bonchev–Trinajstić information content (AvgIpc) is 1.89. The topological polar surface area (TPSA) is 0 Å². The van der Waals surface area contributed by atoms with Crippen LogP contribution in [-0.4, -0.2) is 10.8 Å². The summed E-state index contributed by atoms with van der Waals surface area (Å²) in [5, 5.41) is 0.586. The van der Waals surface area contributed by atoms with Crippen molar-refractivity contribution in [3.63, 3.8) is 0 Å². The molecule has 8 heavy (non-hydrogen) atoms. The summed E-state index contributed by atoms with van der Waals surface area (Å²) >= 11 is 11.8. The molecule has 0 nitrogen and oxygen atoms in total. The Hall–Kier alpha value is 0.580. The summed E-state index contributed by atoms with van der Waals surface area (Å²) in [5.41, 5.74) is 0. The number of hydrogen-bond donors (Lipinski definition) is 0. The molecule has 2 heteroatoms. The van der Waals surface area contributed by atoms with Crippen LogP contribution in [0.1, 0.15) is 12.8 Å². The van der Waals surface area contributed by atoms with Crippen molar-refractivity contribution >= 4 is 23.2 Å². The molecule has 3 aliphatic carbocycles. The molecule has 0 amide bonds. The molecule has 0 heterocycles. The van der Waals surface area contributed by atoms with E-state index < -0.39 is 0 Å². The minimum absolute atomic E-state index is 0.293. The Balaban J connectivity index is 2.16. The summed E-state index contributed by atoms with van der Waals surface area (Å²) in [6, 6.07) is 0. The molecule has 0 spiro atoms. The van der Waals surface area contributed by atoms with Gasteiger partial charge in [0.15, 0.2) is 0 Å². The van der Waals surface area contributed by atoms with Crippen molar-refractivity contribution in [2.75, 3.05) is 0 Å². The molecule has 0 aromatic heterocycles. The van der Waals surface area contributed by atoms with Crippen LogP contribution < -0.4 is 0 Å². The molecule has 2 bridgehead atoms. The van der Waals surface area contributed by atoms with Gasteiger partial charge in [-0.15, -0.1) is 23.2 Å². The first-order valence-corrected chi connectivity index (χ1v) is 3.94. The predicted molar refractivity (Wildman–Crippen MR) is 35.5 cm³/mol. The first kappa shape index (κ1) is 5.37. The lowest BCUT2D eigenvalue weighted by Gasteiger charge is -2.22. The van der Waals surface area contributed by atoms with Gasteiger partial charge in [0, 0.05) is 0 Å². The van der Waals surface area contributed by atoms with E-state index in [0.29, 0.717) is 10.8 Å². The van der Waals surface area contributed by atoms with E-state index in [0.717, 1.165) is 11.8 Å². The number of hydrogen-bond acceptors (Lipinski definition) is 0. The van der Waals surface area contributed by atoms with Crippen molar-refractivity contribution in [2.24, 2.45) is 11.8 Å². The lowest BCUT2D eigenvalue weighted by atomic mass is 9.85. The molecule has 0 aromatic carbocycles. The monoisotopic (exact) mass is 150 g/mol. The molecular formula is C6H8Cl2. The van der Waals surface area contributed by atoms with E-state index in [-0.39, 0.29) is 0 Å². The van der Waals surface area contributed by atoms with Gasteiger partial charge < -0.3 is 0 Å². The fourth-order valence-electron chi connectivity index (χ4n) is 1.75. The SMILES string of the molecule is ClC1C2CC(C2)C1Cl. The van der Waals surface area contributed by atoms with Crippen molar-refractivity contribution in [1.29, 1.82) is 0 Å². The van der Waals surface area contributed by atoms with Gasteiger partial charge in [-0.2, -0.15) is 0 Å². The van der Waals surface area contributed by atoms with Gasteiger partial charge in [-0.25, -0.2) is 0 Å². The van der Waals surface area contributed by atoms with Crippen LogP contribution in [0.4, 0.5) is 0 Å². The highest BCUT2D eigenvalue weighted by Gasteiger charge is 2.50. The fourth-order valence-corrected chi connectivity index (χ4v) is 2.57. The van der Waals surface area contributed by atoms with Gasteiger partial charge in [0.05, 0.1) is 10.8 Å². The van der Waals surface area contributed by atoms with Crippen LogP contribution >= 0.6 is 23.2 Å². The van der Waals surface area contributed by atoms with E-state index in [1.807, 2.05) is 0 Å². The lowest BCUT2D eigenvalue weighted by Crippen LogP contribution is -2.14. The third kappa shape index (κ3) is 0.484. The Morgan fingerprint density at radius 3 is 1.38 bits per heavy atom. The van der Waals surface area contributed by atoms with Crippen LogP contribution in [0.2, 0.25) is 0 Å². The smallest absolute Gasteiger partial charge is 0.0530 e. The van der Waals surface area contributed by atoms with E-state index in [2.05, 4.69) is 0 Å². The van der Waals surface area contributed by atoms with Crippen molar-refractivity contribution in [2.45, 2.75) is 23.6 Å². The van der Waals surface area contributed by atoms with E-state index in [4.69, 9.17) is 23.2 Å². The van der Waals surface area contributed by atoms with Crippen molar-refractivity contribution in [3.05, 3.63) is 0 Å². The molecule has 0 radical (unpaired) electrons. The standard InChI is InChI=1S/C6H8Cl2/c7-5-3-1-4(2-3)6(5)8/h3-6H,1-2H2. The van der Waals surface area contributed by atoms with Crippen LogP contribution in [0.3, 0.4) is 0 Å². The highest BCUT2D eigenvalue weighted by molar-refractivity contribution is 6.31. The second kappa shape index (κ2) is 1.54. The Morgan fingerprint density at radius 1 is 0.875 bits per heavy atom. The zero-order chi connectivity index (χ0) is 5.72. The van der Waals surface area contributed by atoms with Crippen molar-refractivity contribution in [3.8, 4) is 0 Å². The largest absolute Gasteiger partial charge is 0.121 e. The molecule has 46 valence electrons. The minimum Gasteiger partial charge on any atom is -0.121 e. The summed E-state index contributed by atoms with van der Waals surface area (Å²) < 4.78 is 0. The van der Waals surface area contributed by atoms with Gasteiger partial charge >= 0.3 is 0 Å². The lowest BCUT2D eigenvalue weighted by molar-refractivity contribution is 0.306. The molecule has 2 unspecified atom stereocenters. The zero-order valence-electron chi connectivity index (χ0n) is 4.48. The van der Waals surface area contributed by atoms with Gasteiger partial charge in [0.1, 0.15) is 0 Å². The van der Waals surface area contributed by atoms with Crippen molar-refractivity contribution < 1.29 is 0 Å². The van der Waals surface area contributed by atoms with Crippen LogP contribution in [0.25, 0.3) is 0 Å². The molecule has 0 aromatic rings. The van der Waals surface area contributed by atoms with Crippen molar-refractivity contribution in [1.82, 2.24) is 0 Å². The highest BCUT2D eigenvalue weighted by Crippen LogP contribution is 2.53. The third-order valence-electron chi connectivity index (χ3n) is 2.42. The van der Waals surface area contributed by atoms with Gasteiger partial charge in [-0.1, -0.05) is 0 Å². The van der Waals surface area contributed by atoms with Gasteiger partial charge in [0.25, 0.3) is 0 Å². The maximum atomic E-state index is 5.92. The Labute approximate surface area is 59.2 Å². The van der Waals surface area contributed by atoms with E-state index in [1.54, 1.807) is 0 Å². The van der Waals surface area contributed by atoms with E-state index in [1.165, 1.54) is 12.8 Å². The van der Waals surface area contributed by atoms with Gasteiger partial charge in [-0.3, -0.25) is 0 Å². The molecule has 3 fully saturated rings. The summed E-state index contributed by atoms with van der Waals surface area (Å²) in [6.45, 7) is 0.